The van der Waals surface area contributed by atoms with Crippen LogP contribution in [0.15, 0.2) is 18.3 Å². The van der Waals surface area contributed by atoms with Gasteiger partial charge in [0.05, 0.1) is 5.56 Å². The maximum Gasteiger partial charge on any atom is 0.116 e. The van der Waals surface area contributed by atoms with Crippen LogP contribution >= 0.6 is 21.0 Å². The van der Waals surface area contributed by atoms with Gasteiger partial charge in [0.1, 0.15) is 11.7 Å². The molecule has 1 heterocycles. The lowest BCUT2D eigenvalue weighted by Gasteiger charge is -2.31. The van der Waals surface area contributed by atoms with Crippen molar-refractivity contribution in [2.24, 2.45) is 0 Å². The zero-order chi connectivity index (χ0) is 13.0. The summed E-state index contributed by atoms with van der Waals surface area (Å²) in [6.07, 6.45) is 4.64. The number of pyridine rings is 1. The molecule has 1 fully saturated rings. The van der Waals surface area contributed by atoms with E-state index < -0.39 is 26.7 Å². The summed E-state index contributed by atoms with van der Waals surface area (Å²) < 4.78 is 22.5. The Hall–Kier alpha value is -0.900. The molecule has 5 heteroatoms. The van der Waals surface area contributed by atoms with E-state index in [1.54, 1.807) is 12.1 Å². The monoisotopic (exact) mass is 359 g/mol. The van der Waals surface area contributed by atoms with Crippen LogP contribution in [0.3, 0.4) is 0 Å². The summed E-state index contributed by atoms with van der Waals surface area (Å²) in [6, 6.07) is 5.43. The minimum Gasteiger partial charge on any atom is -0.278 e. The third-order valence-electron chi connectivity index (χ3n) is 3.42. The maximum absolute atomic E-state index is 14.6. The number of halogens is 2. The second-order valence-corrected chi connectivity index (χ2v) is 7.15. The van der Waals surface area contributed by atoms with E-state index in [1.807, 2.05) is 6.07 Å². The van der Waals surface area contributed by atoms with Gasteiger partial charge >= 0.3 is 0 Å². The van der Waals surface area contributed by atoms with Crippen LogP contribution in [-0.2, 0) is 6.42 Å². The zero-order valence-electron chi connectivity index (χ0n) is 10.00. The Morgan fingerprint density at radius 2 is 2.22 bits per heavy atom. The second kappa shape index (κ2) is 5.83. The Morgan fingerprint density at radius 3 is 2.72 bits per heavy atom. The number of alkyl halides is 2. The van der Waals surface area contributed by atoms with Gasteiger partial charge in [0, 0.05) is 22.2 Å². The summed E-state index contributed by atoms with van der Waals surface area (Å²) in [5.41, 5.74) is 0.0705. The van der Waals surface area contributed by atoms with Crippen molar-refractivity contribution < 1.29 is 4.39 Å². The van der Waals surface area contributed by atoms with E-state index in [1.165, 1.54) is 6.20 Å². The molecule has 3 nitrogen and oxygen atoms in total. The molecule has 0 radical (unpaired) electrons. The molecule has 0 amide bonds. The number of aromatic nitrogens is 1. The molecule has 0 atom stereocenters. The molecule has 1 aromatic heterocycles. The van der Waals surface area contributed by atoms with Crippen LogP contribution in [0.25, 0.3) is 0 Å². The van der Waals surface area contributed by atoms with Crippen LogP contribution in [-0.4, -0.2) is 14.6 Å². The Labute approximate surface area is 116 Å². The van der Waals surface area contributed by atoms with E-state index in [-0.39, 0.29) is 0 Å². The van der Waals surface area contributed by atoms with E-state index in [0.717, 1.165) is 18.5 Å². The highest BCUT2D eigenvalue weighted by Gasteiger charge is 2.35. The van der Waals surface area contributed by atoms with Crippen molar-refractivity contribution in [2.45, 2.75) is 41.7 Å². The van der Waals surface area contributed by atoms with Crippen LogP contribution in [0.5, 0.6) is 0 Å². The molecule has 0 bridgehead atoms. The third kappa shape index (κ3) is 3.31. The van der Waals surface area contributed by atoms with Crippen molar-refractivity contribution in [3.8, 4) is 6.07 Å². The standard InChI is InChI=1S/C13H15FIN3/c14-13(5-3-11(15-17)4-6-13)7-12-2-1-10(8-16)9-18-12/h1-2,9,11,17H,3-7H2. The Kier molecular flexibility index (Phi) is 4.38. The maximum atomic E-state index is 14.6. The first-order valence-corrected chi connectivity index (χ1v) is 8.31. The van der Waals surface area contributed by atoms with Crippen molar-refractivity contribution in [3.05, 3.63) is 29.6 Å². The molecule has 1 aliphatic carbocycles. The van der Waals surface area contributed by atoms with E-state index in [2.05, 4.69) is 4.98 Å². The van der Waals surface area contributed by atoms with Gasteiger partial charge in [-0.2, -0.15) is 5.26 Å². The molecule has 1 aromatic rings. The fourth-order valence-electron chi connectivity index (χ4n) is 2.31. The number of hydrogen-bond acceptors (Lipinski definition) is 3. The van der Waals surface area contributed by atoms with Crippen molar-refractivity contribution in [2.75, 3.05) is 0 Å². The van der Waals surface area contributed by atoms with Crippen molar-refractivity contribution >= 4 is 21.0 Å². The first-order valence-electron chi connectivity index (χ1n) is 5.98. The minimum atomic E-state index is -1.16. The lowest BCUT2D eigenvalue weighted by atomic mass is 9.83. The molecular weight excluding hydrogens is 344 g/mol. The van der Waals surface area contributed by atoms with Crippen LogP contribution in [0.1, 0.15) is 36.9 Å². The van der Waals surface area contributed by atoms with Gasteiger partial charge in [0.15, 0.2) is 0 Å². The summed E-state index contributed by atoms with van der Waals surface area (Å²) in [4.78, 5) is 4.14. The van der Waals surface area contributed by atoms with Crippen LogP contribution < -0.4 is 0 Å². The predicted octanol–water partition coefficient (Wildman–Crippen LogP) is 3.88. The molecule has 0 saturated heterocycles. The number of nitrogens with zero attached hydrogens (tertiary/aromatic N) is 2. The van der Waals surface area contributed by atoms with Crippen molar-refractivity contribution in [1.82, 2.24) is 4.98 Å². The quantitative estimate of drug-likeness (QED) is 0.658. The number of hydrogen-bond donors (Lipinski definition) is 1. The Balaban J connectivity index is 2.00. The summed E-state index contributed by atoms with van der Waals surface area (Å²) >= 11 is -0.492. The molecule has 96 valence electrons. The normalized spacial score (nSPS) is 27.7. The second-order valence-electron chi connectivity index (χ2n) is 4.76. The molecule has 0 unspecified atom stereocenters. The van der Waals surface area contributed by atoms with Crippen LogP contribution in [0, 0.1) is 14.9 Å². The van der Waals surface area contributed by atoms with E-state index in [4.69, 9.17) is 8.82 Å². The Bertz CT molecular complexity index is 458. The third-order valence-corrected chi connectivity index (χ3v) is 5.54. The zero-order valence-corrected chi connectivity index (χ0v) is 12.2. The van der Waals surface area contributed by atoms with Gasteiger partial charge in [-0.05, 0) is 58.8 Å². The minimum absolute atomic E-state index is 0.335. The van der Waals surface area contributed by atoms with Gasteiger partial charge in [-0.25, -0.2) is 4.39 Å². The highest BCUT2D eigenvalue weighted by Crippen LogP contribution is 2.38. The fourth-order valence-corrected chi connectivity index (χ4v) is 3.55. The number of nitrogens with one attached hydrogen (secondary N) is 1. The molecule has 0 aliphatic heterocycles. The largest absolute Gasteiger partial charge is 0.278 e. The molecule has 0 aromatic carbocycles. The first kappa shape index (κ1) is 13.5. The van der Waals surface area contributed by atoms with Crippen molar-refractivity contribution in [3.63, 3.8) is 0 Å². The van der Waals surface area contributed by atoms with Gasteiger partial charge in [-0.3, -0.25) is 8.55 Å². The number of nitriles is 1. The summed E-state index contributed by atoms with van der Waals surface area (Å²) in [5, 5.41) is 8.68. The van der Waals surface area contributed by atoms with Crippen LogP contribution in [0.4, 0.5) is 4.39 Å². The lowest BCUT2D eigenvalue weighted by Crippen LogP contribution is -2.32. The van der Waals surface area contributed by atoms with E-state index in [0.29, 0.717) is 28.8 Å². The molecule has 0 spiro atoms. The SMILES string of the molecule is N#Cc1ccc(CC2(F)CCC(I=N)CC2)nc1. The molecule has 1 N–H and O–H groups in total. The lowest BCUT2D eigenvalue weighted by molar-refractivity contribution is 0.110. The number of rotatable bonds is 3. The average molecular weight is 359 g/mol. The van der Waals surface area contributed by atoms with Gasteiger partial charge in [0.25, 0.3) is 0 Å². The average Bonchev–Trinajstić information content (AvgIpc) is 2.40. The highest BCUT2D eigenvalue weighted by molar-refractivity contribution is 14.1. The fraction of sp³-hybridized carbons (Fsp3) is 0.538. The molecule has 18 heavy (non-hydrogen) atoms. The van der Waals surface area contributed by atoms with Gasteiger partial charge < -0.3 is 0 Å². The molecule has 1 aliphatic rings. The molecular formula is C13H15FIN3. The molecule has 2 rings (SSSR count). The van der Waals surface area contributed by atoms with E-state index in [9.17, 15) is 4.39 Å². The van der Waals surface area contributed by atoms with Crippen molar-refractivity contribution in [1.29, 1.82) is 8.82 Å². The first-order chi connectivity index (χ1) is 8.65. The Morgan fingerprint density at radius 1 is 1.50 bits per heavy atom. The van der Waals surface area contributed by atoms with E-state index >= 15 is 0 Å². The van der Waals surface area contributed by atoms with Gasteiger partial charge in [0.2, 0.25) is 0 Å². The van der Waals surface area contributed by atoms with Crippen LogP contribution in [0.2, 0.25) is 0 Å². The van der Waals surface area contributed by atoms with Gasteiger partial charge in [-0.1, -0.05) is 0 Å². The van der Waals surface area contributed by atoms with Gasteiger partial charge in [-0.15, -0.1) is 0 Å². The topological polar surface area (TPSA) is 60.5 Å². The predicted molar refractivity (Wildman–Crippen MR) is 75.5 cm³/mol. The smallest absolute Gasteiger partial charge is 0.116 e. The summed E-state index contributed by atoms with van der Waals surface area (Å²) in [6.45, 7) is 0. The highest BCUT2D eigenvalue weighted by atomic mass is 127. The molecule has 1 saturated carbocycles. The summed E-state index contributed by atoms with van der Waals surface area (Å²) in [5.74, 6) is 0. The summed E-state index contributed by atoms with van der Waals surface area (Å²) in [7, 11) is 0.